The average molecular weight is 186 g/mol. The number of nitrogens with two attached hydrogens (primary N) is 1. The van der Waals surface area contributed by atoms with Crippen molar-refractivity contribution in [3.05, 3.63) is 0 Å². The fourth-order valence-electron chi connectivity index (χ4n) is 0.988. The highest BCUT2D eigenvalue weighted by Crippen LogP contribution is 2.26. The SMILES string of the molecule is Cl.NS(=O)(=O)CC1CCC1. The maximum atomic E-state index is 10.4. The Kier molecular flexibility index (Phi) is 3.62. The average Bonchev–Trinajstić information content (AvgIpc) is 1.53. The summed E-state index contributed by atoms with van der Waals surface area (Å²) in [5, 5.41) is 4.82. The summed E-state index contributed by atoms with van der Waals surface area (Å²) in [6, 6.07) is 0. The molecule has 1 aliphatic carbocycles. The zero-order valence-corrected chi connectivity index (χ0v) is 7.25. The van der Waals surface area contributed by atoms with Crippen LogP contribution in [-0.2, 0) is 10.0 Å². The molecule has 0 amide bonds. The van der Waals surface area contributed by atoms with Gasteiger partial charge in [0.2, 0.25) is 10.0 Å². The Morgan fingerprint density at radius 1 is 1.40 bits per heavy atom. The van der Waals surface area contributed by atoms with Gasteiger partial charge in [0.05, 0.1) is 5.75 Å². The fourth-order valence-corrected chi connectivity index (χ4v) is 1.98. The van der Waals surface area contributed by atoms with Crippen LogP contribution in [0.2, 0.25) is 0 Å². The van der Waals surface area contributed by atoms with Crippen LogP contribution in [0.5, 0.6) is 0 Å². The maximum absolute atomic E-state index is 10.4. The molecule has 0 radical (unpaired) electrons. The van der Waals surface area contributed by atoms with Gasteiger partial charge in [-0.2, -0.15) is 0 Å². The Labute approximate surface area is 67.4 Å². The molecule has 0 aromatic rings. The summed E-state index contributed by atoms with van der Waals surface area (Å²) in [5.41, 5.74) is 0. The molecule has 1 fully saturated rings. The topological polar surface area (TPSA) is 60.2 Å². The molecule has 5 heteroatoms. The summed E-state index contributed by atoms with van der Waals surface area (Å²) < 4.78 is 20.8. The first-order chi connectivity index (χ1) is 4.08. The summed E-state index contributed by atoms with van der Waals surface area (Å²) in [7, 11) is -3.18. The Morgan fingerprint density at radius 2 is 1.90 bits per heavy atom. The third-order valence-corrected chi connectivity index (χ3v) is 2.63. The largest absolute Gasteiger partial charge is 0.229 e. The second-order valence-electron chi connectivity index (χ2n) is 2.63. The summed E-state index contributed by atoms with van der Waals surface area (Å²) in [6.45, 7) is 0. The molecule has 0 atom stereocenters. The quantitative estimate of drug-likeness (QED) is 0.681. The minimum absolute atomic E-state index is 0. The van der Waals surface area contributed by atoms with E-state index in [4.69, 9.17) is 5.14 Å². The highest BCUT2D eigenvalue weighted by atomic mass is 35.5. The van der Waals surface area contributed by atoms with Crippen LogP contribution < -0.4 is 5.14 Å². The van der Waals surface area contributed by atoms with Gasteiger partial charge in [0.15, 0.2) is 0 Å². The summed E-state index contributed by atoms with van der Waals surface area (Å²) in [5.74, 6) is 0.549. The monoisotopic (exact) mass is 185 g/mol. The van der Waals surface area contributed by atoms with Gasteiger partial charge in [0.25, 0.3) is 0 Å². The Balaban J connectivity index is 0.000000810. The van der Waals surface area contributed by atoms with E-state index in [1.807, 2.05) is 0 Å². The summed E-state index contributed by atoms with van der Waals surface area (Å²) >= 11 is 0. The van der Waals surface area contributed by atoms with Crippen LogP contribution in [0.25, 0.3) is 0 Å². The van der Waals surface area contributed by atoms with Crippen LogP contribution in [0, 0.1) is 5.92 Å². The van der Waals surface area contributed by atoms with E-state index < -0.39 is 10.0 Å². The van der Waals surface area contributed by atoms with E-state index in [0.717, 1.165) is 12.8 Å². The van der Waals surface area contributed by atoms with Crippen molar-refractivity contribution in [3.8, 4) is 0 Å². The lowest BCUT2D eigenvalue weighted by Crippen LogP contribution is -2.26. The third-order valence-electron chi connectivity index (χ3n) is 1.69. The standard InChI is InChI=1S/C5H11NO2S.ClH/c6-9(7,8)4-5-2-1-3-5;/h5H,1-4H2,(H2,6,7,8);1H. The first-order valence-corrected chi connectivity index (χ1v) is 4.80. The van der Waals surface area contributed by atoms with Crippen molar-refractivity contribution >= 4 is 22.4 Å². The lowest BCUT2D eigenvalue weighted by Gasteiger charge is -2.23. The van der Waals surface area contributed by atoms with Gasteiger partial charge in [-0.25, -0.2) is 13.6 Å². The number of primary sulfonamides is 1. The highest BCUT2D eigenvalue weighted by molar-refractivity contribution is 7.89. The molecule has 0 unspecified atom stereocenters. The molecule has 10 heavy (non-hydrogen) atoms. The molecule has 2 N–H and O–H groups in total. The molecule has 1 saturated carbocycles. The van der Waals surface area contributed by atoms with Crippen molar-refractivity contribution in [2.45, 2.75) is 19.3 Å². The second kappa shape index (κ2) is 3.55. The number of sulfonamides is 1. The van der Waals surface area contributed by atoms with Crippen LogP contribution in [0.3, 0.4) is 0 Å². The van der Waals surface area contributed by atoms with Crippen LogP contribution >= 0.6 is 12.4 Å². The maximum Gasteiger partial charge on any atom is 0.209 e. The van der Waals surface area contributed by atoms with Gasteiger partial charge >= 0.3 is 0 Å². The third kappa shape index (κ3) is 3.39. The molecule has 0 aromatic carbocycles. The van der Waals surface area contributed by atoms with Gasteiger partial charge in [-0.3, -0.25) is 0 Å². The van der Waals surface area contributed by atoms with Crippen molar-refractivity contribution in [1.82, 2.24) is 0 Å². The normalized spacial score (nSPS) is 19.3. The Bertz CT molecular complexity index is 186. The number of hydrogen-bond acceptors (Lipinski definition) is 2. The first kappa shape index (κ1) is 10.2. The van der Waals surface area contributed by atoms with Gasteiger partial charge < -0.3 is 0 Å². The van der Waals surface area contributed by atoms with E-state index in [1.54, 1.807) is 0 Å². The zero-order chi connectivity index (χ0) is 6.91. The van der Waals surface area contributed by atoms with Crippen LogP contribution in [0.4, 0.5) is 0 Å². The molecule has 0 spiro atoms. The highest BCUT2D eigenvalue weighted by Gasteiger charge is 2.21. The molecule has 0 heterocycles. The van der Waals surface area contributed by atoms with Gasteiger partial charge in [0, 0.05) is 0 Å². The number of halogens is 1. The van der Waals surface area contributed by atoms with Crippen molar-refractivity contribution in [1.29, 1.82) is 0 Å². The van der Waals surface area contributed by atoms with Gasteiger partial charge in [-0.1, -0.05) is 6.42 Å². The molecule has 0 saturated heterocycles. The van der Waals surface area contributed by atoms with E-state index in [-0.39, 0.29) is 18.2 Å². The summed E-state index contributed by atoms with van der Waals surface area (Å²) in [4.78, 5) is 0. The number of hydrogen-bond donors (Lipinski definition) is 1. The van der Waals surface area contributed by atoms with E-state index >= 15 is 0 Å². The molecule has 62 valence electrons. The zero-order valence-electron chi connectivity index (χ0n) is 5.62. The lowest BCUT2D eigenvalue weighted by atomic mass is 9.87. The van der Waals surface area contributed by atoms with Gasteiger partial charge in [0.1, 0.15) is 0 Å². The Hall–Kier alpha value is 0.200. The van der Waals surface area contributed by atoms with Crippen LogP contribution in [0.1, 0.15) is 19.3 Å². The van der Waals surface area contributed by atoms with Crippen molar-refractivity contribution < 1.29 is 8.42 Å². The van der Waals surface area contributed by atoms with E-state index in [0.29, 0.717) is 5.92 Å². The minimum atomic E-state index is -3.18. The first-order valence-electron chi connectivity index (χ1n) is 3.08. The predicted molar refractivity (Wildman–Crippen MR) is 42.6 cm³/mol. The van der Waals surface area contributed by atoms with Gasteiger partial charge in [-0.15, -0.1) is 12.4 Å². The van der Waals surface area contributed by atoms with Crippen molar-refractivity contribution in [2.24, 2.45) is 11.1 Å². The molecule has 0 aliphatic heterocycles. The van der Waals surface area contributed by atoms with Crippen molar-refractivity contribution in [2.75, 3.05) is 5.75 Å². The van der Waals surface area contributed by atoms with Crippen LogP contribution in [-0.4, -0.2) is 14.2 Å². The smallest absolute Gasteiger partial charge is 0.209 e. The van der Waals surface area contributed by atoms with E-state index in [9.17, 15) is 8.42 Å². The molecule has 0 bridgehead atoms. The Morgan fingerprint density at radius 3 is 2.00 bits per heavy atom. The molecule has 3 nitrogen and oxygen atoms in total. The molecule has 1 aliphatic rings. The van der Waals surface area contributed by atoms with E-state index in [2.05, 4.69) is 0 Å². The molecule has 0 aromatic heterocycles. The molecular weight excluding hydrogens is 174 g/mol. The molecular formula is C5H12ClNO2S. The van der Waals surface area contributed by atoms with Crippen molar-refractivity contribution in [3.63, 3.8) is 0 Å². The predicted octanol–water partition coefficient (Wildman–Crippen LogP) is 0.497. The second-order valence-corrected chi connectivity index (χ2v) is 4.29. The summed E-state index contributed by atoms with van der Waals surface area (Å²) in [6.07, 6.45) is 3.24. The van der Waals surface area contributed by atoms with Crippen LogP contribution in [0.15, 0.2) is 0 Å². The fraction of sp³-hybridized carbons (Fsp3) is 1.00. The molecule has 1 rings (SSSR count). The minimum Gasteiger partial charge on any atom is -0.229 e. The van der Waals surface area contributed by atoms with Gasteiger partial charge in [-0.05, 0) is 18.8 Å². The lowest BCUT2D eigenvalue weighted by molar-refractivity contribution is 0.347. The number of rotatable bonds is 2. The van der Waals surface area contributed by atoms with E-state index in [1.165, 1.54) is 6.42 Å².